The van der Waals surface area contributed by atoms with Crippen LogP contribution in [0.25, 0.3) is 11.1 Å². The zero-order chi connectivity index (χ0) is 23.7. The zero-order valence-corrected chi connectivity index (χ0v) is 19.7. The molecule has 1 fully saturated rings. The lowest BCUT2D eigenvalue weighted by Crippen LogP contribution is -2.48. The average molecular weight is 456 g/mol. The van der Waals surface area contributed by atoms with Crippen LogP contribution in [-0.4, -0.2) is 56.5 Å². The number of hydrogen-bond donors (Lipinski definition) is 0. The van der Waals surface area contributed by atoms with Crippen LogP contribution in [0.15, 0.2) is 66.7 Å². The maximum atomic E-state index is 13.1. The summed E-state index contributed by atoms with van der Waals surface area (Å²) >= 11 is 0. The highest BCUT2D eigenvalue weighted by Crippen LogP contribution is 2.32. The highest BCUT2D eigenvalue weighted by molar-refractivity contribution is 5.95. The average Bonchev–Trinajstić information content (AvgIpc) is 3.32. The molecule has 6 heteroatoms. The maximum absolute atomic E-state index is 13.1. The Labute approximate surface area is 200 Å². The number of fused-ring (bicyclic) bond motifs is 1. The Balaban J connectivity index is 1.24. The van der Waals surface area contributed by atoms with E-state index in [-0.39, 0.29) is 11.8 Å². The molecule has 2 amide bonds. The van der Waals surface area contributed by atoms with Gasteiger partial charge in [0.25, 0.3) is 5.91 Å². The van der Waals surface area contributed by atoms with Crippen molar-refractivity contribution in [3.05, 3.63) is 77.9 Å². The van der Waals surface area contributed by atoms with Gasteiger partial charge in [-0.1, -0.05) is 24.3 Å². The summed E-state index contributed by atoms with van der Waals surface area (Å²) in [6, 6.07) is 22.1. The largest absolute Gasteiger partial charge is 0.497 e. The second kappa shape index (κ2) is 9.21. The van der Waals surface area contributed by atoms with Crippen LogP contribution in [0.2, 0.25) is 0 Å². The summed E-state index contributed by atoms with van der Waals surface area (Å²) in [7, 11) is 1.67. The van der Waals surface area contributed by atoms with Gasteiger partial charge in [-0.25, -0.2) is 0 Å². The Morgan fingerprint density at radius 1 is 0.824 bits per heavy atom. The molecule has 0 bridgehead atoms. The fraction of sp³-hybridized carbons (Fsp3) is 0.286. The van der Waals surface area contributed by atoms with Gasteiger partial charge in [0.2, 0.25) is 5.91 Å². The van der Waals surface area contributed by atoms with Crippen LogP contribution in [0.3, 0.4) is 0 Å². The molecule has 0 atom stereocenters. The number of hydrogen-bond acceptors (Lipinski definition) is 4. The van der Waals surface area contributed by atoms with E-state index in [4.69, 9.17) is 4.74 Å². The summed E-state index contributed by atoms with van der Waals surface area (Å²) < 4.78 is 5.33. The predicted octanol–water partition coefficient (Wildman–Crippen LogP) is 4.23. The van der Waals surface area contributed by atoms with Crippen molar-refractivity contribution in [2.24, 2.45) is 0 Å². The fourth-order valence-electron chi connectivity index (χ4n) is 4.87. The van der Waals surface area contributed by atoms with Crippen molar-refractivity contribution < 1.29 is 14.3 Å². The standard InChI is InChI=1S/C28H29N3O3/c1-20(32)31-13-12-24-18-23(10-11-27(24)31)21-6-8-22(9-7-21)28(33)30-16-14-29(15-17-30)25-4-3-5-26(19-25)34-2/h3-11,18-19H,12-17H2,1-2H3. The third-order valence-electron chi connectivity index (χ3n) is 6.81. The molecule has 0 radical (unpaired) electrons. The van der Waals surface area contributed by atoms with Crippen LogP contribution >= 0.6 is 0 Å². The summed E-state index contributed by atoms with van der Waals surface area (Å²) in [6.45, 7) is 5.32. The maximum Gasteiger partial charge on any atom is 0.253 e. The lowest BCUT2D eigenvalue weighted by Gasteiger charge is -2.36. The van der Waals surface area contributed by atoms with Crippen LogP contribution in [0.5, 0.6) is 5.75 Å². The molecule has 0 N–H and O–H groups in total. The number of amides is 2. The Kier molecular flexibility index (Phi) is 5.97. The number of benzene rings is 3. The first-order valence-corrected chi connectivity index (χ1v) is 11.7. The molecule has 0 saturated carbocycles. The normalized spacial score (nSPS) is 15.3. The molecule has 2 aliphatic heterocycles. The molecule has 0 aliphatic carbocycles. The van der Waals surface area contributed by atoms with Crippen molar-refractivity contribution in [3.8, 4) is 16.9 Å². The van der Waals surface area contributed by atoms with Gasteiger partial charge in [-0.3, -0.25) is 9.59 Å². The number of methoxy groups -OCH3 is 1. The van der Waals surface area contributed by atoms with Gasteiger partial charge in [0.15, 0.2) is 0 Å². The second-order valence-electron chi connectivity index (χ2n) is 8.82. The van der Waals surface area contributed by atoms with E-state index in [0.29, 0.717) is 18.7 Å². The van der Waals surface area contributed by atoms with Gasteiger partial charge in [-0.05, 0) is 59.5 Å². The molecule has 174 valence electrons. The van der Waals surface area contributed by atoms with Crippen molar-refractivity contribution in [2.45, 2.75) is 13.3 Å². The minimum Gasteiger partial charge on any atom is -0.497 e. The van der Waals surface area contributed by atoms with Gasteiger partial charge in [0.1, 0.15) is 5.75 Å². The van der Waals surface area contributed by atoms with E-state index >= 15 is 0 Å². The Hall–Kier alpha value is -3.80. The fourth-order valence-corrected chi connectivity index (χ4v) is 4.87. The van der Waals surface area contributed by atoms with Gasteiger partial charge in [-0.15, -0.1) is 0 Å². The molecule has 2 aliphatic rings. The van der Waals surface area contributed by atoms with Gasteiger partial charge in [-0.2, -0.15) is 0 Å². The van der Waals surface area contributed by atoms with Crippen molar-refractivity contribution in [1.82, 2.24) is 4.90 Å². The predicted molar refractivity (Wildman–Crippen MR) is 135 cm³/mol. The van der Waals surface area contributed by atoms with E-state index in [1.807, 2.05) is 58.3 Å². The Morgan fingerprint density at radius 3 is 2.26 bits per heavy atom. The van der Waals surface area contributed by atoms with Gasteiger partial charge in [0.05, 0.1) is 7.11 Å². The van der Waals surface area contributed by atoms with Crippen LogP contribution < -0.4 is 14.5 Å². The van der Waals surface area contributed by atoms with Crippen molar-refractivity contribution in [3.63, 3.8) is 0 Å². The topological polar surface area (TPSA) is 53.1 Å². The molecule has 2 heterocycles. The molecule has 5 rings (SSSR count). The van der Waals surface area contributed by atoms with Gasteiger partial charge < -0.3 is 19.4 Å². The van der Waals surface area contributed by atoms with E-state index in [0.717, 1.165) is 54.3 Å². The van der Waals surface area contributed by atoms with Gasteiger partial charge >= 0.3 is 0 Å². The van der Waals surface area contributed by atoms with Gasteiger partial charge in [0, 0.05) is 62.7 Å². The number of anilines is 2. The first-order chi connectivity index (χ1) is 16.5. The summed E-state index contributed by atoms with van der Waals surface area (Å²) in [5.41, 5.74) is 6.22. The summed E-state index contributed by atoms with van der Waals surface area (Å²) in [4.78, 5) is 30.9. The number of carbonyl (C=O) groups is 2. The van der Waals surface area contributed by atoms with E-state index in [9.17, 15) is 9.59 Å². The minimum absolute atomic E-state index is 0.0721. The molecule has 1 saturated heterocycles. The summed E-state index contributed by atoms with van der Waals surface area (Å²) in [5.74, 6) is 0.997. The number of piperazine rings is 1. The highest BCUT2D eigenvalue weighted by Gasteiger charge is 2.24. The third-order valence-corrected chi connectivity index (χ3v) is 6.81. The Bertz CT molecular complexity index is 1210. The lowest BCUT2D eigenvalue weighted by atomic mass is 10.00. The van der Waals surface area contributed by atoms with Crippen molar-refractivity contribution in [1.29, 1.82) is 0 Å². The quantitative estimate of drug-likeness (QED) is 0.591. The van der Waals surface area contributed by atoms with E-state index in [2.05, 4.69) is 23.1 Å². The minimum atomic E-state index is 0.0721. The van der Waals surface area contributed by atoms with E-state index in [1.54, 1.807) is 14.0 Å². The van der Waals surface area contributed by atoms with Crippen LogP contribution in [0.1, 0.15) is 22.8 Å². The summed E-state index contributed by atoms with van der Waals surface area (Å²) in [6.07, 6.45) is 0.876. The Morgan fingerprint density at radius 2 is 1.56 bits per heavy atom. The molecule has 0 unspecified atom stereocenters. The first-order valence-electron chi connectivity index (χ1n) is 11.7. The van der Waals surface area contributed by atoms with E-state index < -0.39 is 0 Å². The second-order valence-corrected chi connectivity index (χ2v) is 8.82. The highest BCUT2D eigenvalue weighted by atomic mass is 16.5. The molecular formula is C28H29N3O3. The van der Waals surface area contributed by atoms with Crippen LogP contribution in [0, 0.1) is 0 Å². The molecular weight excluding hydrogens is 426 g/mol. The molecule has 6 nitrogen and oxygen atoms in total. The molecule has 0 spiro atoms. The number of carbonyl (C=O) groups excluding carboxylic acids is 2. The monoisotopic (exact) mass is 455 g/mol. The van der Waals surface area contributed by atoms with Crippen molar-refractivity contribution in [2.75, 3.05) is 49.6 Å². The van der Waals surface area contributed by atoms with Crippen LogP contribution in [-0.2, 0) is 11.2 Å². The molecule has 3 aromatic rings. The number of rotatable bonds is 4. The summed E-state index contributed by atoms with van der Waals surface area (Å²) in [5, 5.41) is 0. The smallest absolute Gasteiger partial charge is 0.253 e. The number of nitrogens with zero attached hydrogens (tertiary/aromatic N) is 3. The lowest BCUT2D eigenvalue weighted by molar-refractivity contribution is -0.116. The zero-order valence-electron chi connectivity index (χ0n) is 19.7. The SMILES string of the molecule is COc1cccc(N2CCN(C(=O)c3ccc(-c4ccc5c(c4)CCN5C(C)=O)cc3)CC2)c1. The molecule has 3 aromatic carbocycles. The van der Waals surface area contributed by atoms with Crippen LogP contribution in [0.4, 0.5) is 11.4 Å². The number of ether oxygens (including phenoxy) is 1. The van der Waals surface area contributed by atoms with Crippen molar-refractivity contribution >= 4 is 23.2 Å². The van der Waals surface area contributed by atoms with E-state index in [1.165, 1.54) is 5.56 Å². The molecule has 34 heavy (non-hydrogen) atoms. The third kappa shape index (κ3) is 4.23. The first kappa shape index (κ1) is 22.0. The molecule has 0 aromatic heterocycles.